The zero-order valence-corrected chi connectivity index (χ0v) is 11.0. The molecule has 21 heavy (non-hydrogen) atoms. The van der Waals surface area contributed by atoms with Gasteiger partial charge in [0.25, 0.3) is 10.0 Å². The third-order valence-corrected chi connectivity index (χ3v) is 3.82. The summed E-state index contributed by atoms with van der Waals surface area (Å²) in [5, 5.41) is 8.80. The van der Waals surface area contributed by atoms with E-state index in [-0.39, 0.29) is 5.69 Å². The Hall–Kier alpha value is -2.60. The molecule has 0 bridgehead atoms. The third kappa shape index (κ3) is 2.95. The summed E-state index contributed by atoms with van der Waals surface area (Å²) in [6.45, 7) is 0. The quantitative estimate of drug-likeness (QED) is 0.880. The lowest BCUT2D eigenvalue weighted by Gasteiger charge is -2.09. The van der Waals surface area contributed by atoms with Crippen molar-refractivity contribution in [3.8, 4) is 6.07 Å². The SMILES string of the molecule is N#Cc1ncccc1S(=O)(=O)Nc1cc(F)c(F)c(F)c1. The summed E-state index contributed by atoms with van der Waals surface area (Å²) in [6, 6.07) is 4.93. The van der Waals surface area contributed by atoms with Crippen molar-refractivity contribution >= 4 is 15.7 Å². The summed E-state index contributed by atoms with van der Waals surface area (Å²) >= 11 is 0. The van der Waals surface area contributed by atoms with Gasteiger partial charge < -0.3 is 0 Å². The highest BCUT2D eigenvalue weighted by atomic mass is 32.2. The molecule has 9 heteroatoms. The fraction of sp³-hybridized carbons (Fsp3) is 0. The molecule has 2 rings (SSSR count). The number of nitrogens with one attached hydrogen (secondary N) is 1. The zero-order chi connectivity index (χ0) is 15.6. The number of benzene rings is 1. The van der Waals surface area contributed by atoms with Crippen molar-refractivity contribution in [3.05, 3.63) is 53.6 Å². The Kier molecular flexibility index (Phi) is 3.82. The van der Waals surface area contributed by atoms with E-state index in [0.717, 1.165) is 6.07 Å². The number of hydrogen-bond acceptors (Lipinski definition) is 4. The molecular weight excluding hydrogens is 307 g/mol. The van der Waals surface area contributed by atoms with Crippen LogP contribution in [0.5, 0.6) is 0 Å². The molecule has 108 valence electrons. The van der Waals surface area contributed by atoms with E-state index in [4.69, 9.17) is 5.26 Å². The molecule has 0 unspecified atom stereocenters. The fourth-order valence-electron chi connectivity index (χ4n) is 1.52. The van der Waals surface area contributed by atoms with Gasteiger partial charge in [0.05, 0.1) is 5.69 Å². The maximum absolute atomic E-state index is 13.0. The van der Waals surface area contributed by atoms with E-state index in [9.17, 15) is 21.6 Å². The summed E-state index contributed by atoms with van der Waals surface area (Å²) in [5.74, 6) is -4.80. The highest BCUT2D eigenvalue weighted by Gasteiger charge is 2.21. The molecule has 5 nitrogen and oxygen atoms in total. The number of aromatic nitrogens is 1. The molecule has 0 aliphatic rings. The van der Waals surface area contributed by atoms with Crippen molar-refractivity contribution in [2.45, 2.75) is 4.90 Å². The van der Waals surface area contributed by atoms with Crippen molar-refractivity contribution in [3.63, 3.8) is 0 Å². The average Bonchev–Trinajstić information content (AvgIpc) is 2.44. The van der Waals surface area contributed by atoms with E-state index in [0.29, 0.717) is 12.1 Å². The Balaban J connectivity index is 2.46. The molecule has 0 aliphatic heterocycles. The number of hydrogen-bond donors (Lipinski definition) is 1. The monoisotopic (exact) mass is 313 g/mol. The lowest BCUT2D eigenvalue weighted by atomic mass is 10.3. The van der Waals surface area contributed by atoms with Crippen molar-refractivity contribution in [1.82, 2.24) is 4.98 Å². The van der Waals surface area contributed by atoms with Crippen molar-refractivity contribution in [2.75, 3.05) is 4.72 Å². The molecule has 0 amide bonds. The van der Waals surface area contributed by atoms with Gasteiger partial charge in [-0.25, -0.2) is 26.6 Å². The highest BCUT2D eigenvalue weighted by Crippen LogP contribution is 2.21. The first kappa shape index (κ1) is 14.8. The van der Waals surface area contributed by atoms with Crippen LogP contribution in [0.3, 0.4) is 0 Å². The number of nitriles is 1. The molecule has 1 N–H and O–H groups in total. The second-order valence-electron chi connectivity index (χ2n) is 3.82. The molecule has 0 radical (unpaired) electrons. The molecule has 2 aromatic rings. The lowest BCUT2D eigenvalue weighted by molar-refractivity contribution is 0.448. The first-order chi connectivity index (χ1) is 9.85. The number of pyridine rings is 1. The van der Waals surface area contributed by atoms with Gasteiger partial charge in [0.15, 0.2) is 23.1 Å². The number of halogens is 3. The van der Waals surface area contributed by atoms with Crippen LogP contribution in [0.4, 0.5) is 18.9 Å². The highest BCUT2D eigenvalue weighted by molar-refractivity contribution is 7.92. The van der Waals surface area contributed by atoms with Crippen LogP contribution in [0.2, 0.25) is 0 Å². The topological polar surface area (TPSA) is 82.8 Å². The van der Waals surface area contributed by atoms with Gasteiger partial charge in [-0.3, -0.25) is 4.72 Å². The number of sulfonamides is 1. The summed E-state index contributed by atoms with van der Waals surface area (Å²) < 4.78 is 64.9. The van der Waals surface area contributed by atoms with Crippen LogP contribution < -0.4 is 4.72 Å². The largest absolute Gasteiger partial charge is 0.279 e. The second kappa shape index (κ2) is 5.41. The van der Waals surface area contributed by atoms with Gasteiger partial charge in [0.1, 0.15) is 11.0 Å². The number of anilines is 1. The van der Waals surface area contributed by atoms with Crippen LogP contribution in [-0.4, -0.2) is 13.4 Å². The van der Waals surface area contributed by atoms with E-state index in [1.165, 1.54) is 12.3 Å². The lowest BCUT2D eigenvalue weighted by Crippen LogP contribution is -2.15. The van der Waals surface area contributed by atoms with Gasteiger partial charge in [0, 0.05) is 18.3 Å². The van der Waals surface area contributed by atoms with Crippen LogP contribution in [0.1, 0.15) is 5.69 Å². The summed E-state index contributed by atoms with van der Waals surface area (Å²) in [4.78, 5) is 3.11. The van der Waals surface area contributed by atoms with Crippen LogP contribution >= 0.6 is 0 Å². The summed E-state index contributed by atoms with van der Waals surface area (Å²) in [6.07, 6.45) is 1.22. The third-order valence-electron chi connectivity index (χ3n) is 2.40. The molecule has 1 aromatic heterocycles. The first-order valence-electron chi connectivity index (χ1n) is 5.37. The van der Waals surface area contributed by atoms with Crippen molar-refractivity contribution in [1.29, 1.82) is 5.26 Å². The maximum Gasteiger partial charge on any atom is 0.264 e. The van der Waals surface area contributed by atoms with Gasteiger partial charge in [-0.05, 0) is 12.1 Å². The molecule has 1 aromatic carbocycles. The van der Waals surface area contributed by atoms with Gasteiger partial charge in [-0.2, -0.15) is 5.26 Å². The molecule has 0 saturated heterocycles. The van der Waals surface area contributed by atoms with Gasteiger partial charge >= 0.3 is 0 Å². The Morgan fingerprint density at radius 1 is 1.19 bits per heavy atom. The molecule has 1 heterocycles. The van der Waals surface area contributed by atoms with Crippen LogP contribution in [0, 0.1) is 28.8 Å². The van der Waals surface area contributed by atoms with Crippen LogP contribution in [-0.2, 0) is 10.0 Å². The van der Waals surface area contributed by atoms with E-state index in [1.54, 1.807) is 6.07 Å². The Morgan fingerprint density at radius 3 is 2.38 bits per heavy atom. The average molecular weight is 313 g/mol. The summed E-state index contributed by atoms with van der Waals surface area (Å²) in [5.41, 5.74) is -0.896. The Bertz CT molecular complexity index is 824. The molecule has 0 saturated carbocycles. The van der Waals surface area contributed by atoms with Gasteiger partial charge in [0.2, 0.25) is 0 Å². The van der Waals surface area contributed by atoms with E-state index in [1.807, 2.05) is 4.72 Å². The minimum atomic E-state index is -4.29. The number of rotatable bonds is 3. The first-order valence-corrected chi connectivity index (χ1v) is 6.86. The standard InChI is InChI=1S/C12H6F3N3O2S/c13-8-4-7(5-9(14)12(8)15)18-21(19,20)11-2-1-3-17-10(11)6-16/h1-5,18H. The van der Waals surface area contributed by atoms with Gasteiger partial charge in [-0.15, -0.1) is 0 Å². The minimum Gasteiger partial charge on any atom is -0.279 e. The normalized spacial score (nSPS) is 11.0. The smallest absolute Gasteiger partial charge is 0.264 e. The Morgan fingerprint density at radius 2 is 1.81 bits per heavy atom. The molecule has 0 spiro atoms. The molecule has 0 atom stereocenters. The van der Waals surface area contributed by atoms with E-state index < -0.39 is 38.1 Å². The van der Waals surface area contributed by atoms with Crippen molar-refractivity contribution < 1.29 is 21.6 Å². The van der Waals surface area contributed by atoms with E-state index in [2.05, 4.69) is 4.98 Å². The van der Waals surface area contributed by atoms with E-state index >= 15 is 0 Å². The predicted molar refractivity (Wildman–Crippen MR) is 66.1 cm³/mol. The Labute approximate surface area is 117 Å². The fourth-order valence-corrected chi connectivity index (χ4v) is 2.66. The van der Waals surface area contributed by atoms with Crippen LogP contribution in [0.25, 0.3) is 0 Å². The molecule has 0 aliphatic carbocycles. The zero-order valence-electron chi connectivity index (χ0n) is 10.1. The minimum absolute atomic E-state index is 0.381. The second-order valence-corrected chi connectivity index (χ2v) is 5.47. The predicted octanol–water partition coefficient (Wildman–Crippen LogP) is 2.17. The molecular formula is C12H6F3N3O2S. The van der Waals surface area contributed by atoms with Gasteiger partial charge in [-0.1, -0.05) is 0 Å². The summed E-state index contributed by atoms with van der Waals surface area (Å²) in [7, 11) is -4.29. The molecule has 0 fully saturated rings. The van der Waals surface area contributed by atoms with Crippen LogP contribution in [0.15, 0.2) is 35.4 Å². The maximum atomic E-state index is 13.0. The van der Waals surface area contributed by atoms with Crippen molar-refractivity contribution in [2.24, 2.45) is 0 Å². The number of nitrogens with zero attached hydrogens (tertiary/aromatic N) is 2.